The van der Waals surface area contributed by atoms with Crippen LogP contribution in [0.5, 0.6) is 0 Å². The molecule has 5 heteroatoms. The third kappa shape index (κ3) is 4.15. The van der Waals surface area contributed by atoms with E-state index < -0.39 is 5.97 Å². The van der Waals surface area contributed by atoms with Gasteiger partial charge in [-0.1, -0.05) is 24.3 Å². The average molecular weight is 262 g/mol. The van der Waals surface area contributed by atoms with Gasteiger partial charge in [0.05, 0.1) is 6.54 Å². The maximum Gasteiger partial charge on any atom is 0.317 e. The summed E-state index contributed by atoms with van der Waals surface area (Å²) in [5, 5.41) is 8.73. The van der Waals surface area contributed by atoms with Crippen LogP contribution in [-0.2, 0) is 11.3 Å². The molecule has 0 bridgehead atoms. The third-order valence-electron chi connectivity index (χ3n) is 3.35. The summed E-state index contributed by atoms with van der Waals surface area (Å²) in [5.74, 6) is -0.766. The number of hydrogen-bond donors (Lipinski definition) is 1. The molecule has 1 aromatic carbocycles. The average Bonchev–Trinajstić information content (AvgIpc) is 2.41. The molecule has 1 N–H and O–H groups in total. The Bertz CT molecular complexity index is 437. The van der Waals surface area contributed by atoms with E-state index in [4.69, 9.17) is 5.11 Å². The number of rotatable bonds is 5. The quantitative estimate of drug-likeness (QED) is 0.792. The zero-order valence-corrected chi connectivity index (χ0v) is 10.8. The van der Waals surface area contributed by atoms with Crippen molar-refractivity contribution in [3.63, 3.8) is 0 Å². The van der Waals surface area contributed by atoms with Gasteiger partial charge in [0.2, 0.25) is 0 Å². The lowest BCUT2D eigenvalue weighted by Gasteiger charge is -2.33. The van der Waals surface area contributed by atoms with E-state index in [0.29, 0.717) is 5.56 Å². The lowest BCUT2D eigenvalue weighted by Crippen LogP contribution is -2.47. The summed E-state index contributed by atoms with van der Waals surface area (Å²) < 4.78 is 0. The molecule has 1 heterocycles. The monoisotopic (exact) mass is 262 g/mol. The minimum absolute atomic E-state index is 0.127. The zero-order chi connectivity index (χ0) is 13.7. The summed E-state index contributed by atoms with van der Waals surface area (Å²) in [7, 11) is 0. The molecule has 1 aromatic rings. The predicted molar refractivity (Wildman–Crippen MR) is 71.2 cm³/mol. The molecule has 0 aromatic heterocycles. The van der Waals surface area contributed by atoms with Crippen molar-refractivity contribution >= 4 is 12.3 Å². The molecule has 19 heavy (non-hydrogen) atoms. The van der Waals surface area contributed by atoms with Gasteiger partial charge in [0.15, 0.2) is 0 Å². The molecule has 0 saturated carbocycles. The molecule has 1 aliphatic heterocycles. The fourth-order valence-corrected chi connectivity index (χ4v) is 2.26. The van der Waals surface area contributed by atoms with E-state index in [1.165, 1.54) is 5.56 Å². The maximum atomic E-state index is 10.6. The number of carboxylic acids is 1. The molecule has 102 valence electrons. The summed E-state index contributed by atoms with van der Waals surface area (Å²) in [6.45, 7) is 4.31. The van der Waals surface area contributed by atoms with E-state index in [1.54, 1.807) is 0 Å². The highest BCUT2D eigenvalue weighted by atomic mass is 16.4. The second kappa shape index (κ2) is 6.45. The van der Waals surface area contributed by atoms with Crippen molar-refractivity contribution in [3.05, 3.63) is 35.4 Å². The van der Waals surface area contributed by atoms with Crippen LogP contribution >= 0.6 is 0 Å². The molecule has 0 amide bonds. The first kappa shape index (κ1) is 13.7. The Morgan fingerprint density at radius 2 is 1.68 bits per heavy atom. The number of nitrogens with zero attached hydrogens (tertiary/aromatic N) is 2. The molecule has 1 aliphatic rings. The van der Waals surface area contributed by atoms with E-state index in [1.807, 2.05) is 29.2 Å². The van der Waals surface area contributed by atoms with Gasteiger partial charge in [0.25, 0.3) is 0 Å². The largest absolute Gasteiger partial charge is 0.480 e. The number of hydrogen-bond acceptors (Lipinski definition) is 4. The van der Waals surface area contributed by atoms with Crippen LogP contribution in [0, 0.1) is 0 Å². The first-order valence-electron chi connectivity index (χ1n) is 6.38. The van der Waals surface area contributed by atoms with Crippen LogP contribution < -0.4 is 0 Å². The molecule has 5 nitrogen and oxygen atoms in total. The van der Waals surface area contributed by atoms with E-state index in [2.05, 4.69) is 4.90 Å². The number of carbonyl (C=O) groups excluding carboxylic acids is 1. The number of piperazine rings is 1. The standard InChI is InChI=1S/C14H18N2O3/c17-11-13-3-1-12(2-4-13)9-15-5-7-16(8-6-15)10-14(18)19/h1-4,11H,5-10H2,(H,18,19). The predicted octanol–water partition coefficient (Wildman–Crippen LogP) is 0.701. The van der Waals surface area contributed by atoms with Gasteiger partial charge in [0, 0.05) is 38.3 Å². The second-order valence-corrected chi connectivity index (χ2v) is 4.81. The van der Waals surface area contributed by atoms with Crippen molar-refractivity contribution in [2.45, 2.75) is 6.54 Å². The van der Waals surface area contributed by atoms with Crippen molar-refractivity contribution in [2.24, 2.45) is 0 Å². The van der Waals surface area contributed by atoms with Crippen molar-refractivity contribution < 1.29 is 14.7 Å². The first-order chi connectivity index (χ1) is 9.17. The maximum absolute atomic E-state index is 10.6. The summed E-state index contributed by atoms with van der Waals surface area (Å²) in [6.07, 6.45) is 0.842. The van der Waals surface area contributed by atoms with Crippen LogP contribution in [0.25, 0.3) is 0 Å². The Hall–Kier alpha value is -1.72. The molecule has 0 atom stereocenters. The molecule has 2 rings (SSSR count). The van der Waals surface area contributed by atoms with E-state index in [-0.39, 0.29) is 6.54 Å². The lowest BCUT2D eigenvalue weighted by molar-refractivity contribution is -0.138. The summed E-state index contributed by atoms with van der Waals surface area (Å²) in [6, 6.07) is 7.58. The van der Waals surface area contributed by atoms with Crippen LogP contribution in [0.1, 0.15) is 15.9 Å². The van der Waals surface area contributed by atoms with E-state index in [0.717, 1.165) is 39.0 Å². The van der Waals surface area contributed by atoms with Crippen LogP contribution in [0.2, 0.25) is 0 Å². The molecule has 1 fully saturated rings. The Labute approximate surface area is 112 Å². The van der Waals surface area contributed by atoms with Gasteiger partial charge >= 0.3 is 5.97 Å². The van der Waals surface area contributed by atoms with Gasteiger partial charge in [-0.05, 0) is 5.56 Å². The summed E-state index contributed by atoms with van der Waals surface area (Å²) in [4.78, 5) is 25.4. The number of aldehydes is 1. The van der Waals surface area contributed by atoms with Gasteiger partial charge < -0.3 is 5.11 Å². The summed E-state index contributed by atoms with van der Waals surface area (Å²) >= 11 is 0. The fraction of sp³-hybridized carbons (Fsp3) is 0.429. The molecular formula is C14H18N2O3. The minimum atomic E-state index is -0.766. The zero-order valence-electron chi connectivity index (χ0n) is 10.8. The van der Waals surface area contributed by atoms with Crippen LogP contribution in [0.3, 0.4) is 0 Å². The molecule has 1 saturated heterocycles. The number of carbonyl (C=O) groups is 2. The number of benzene rings is 1. The second-order valence-electron chi connectivity index (χ2n) is 4.81. The van der Waals surface area contributed by atoms with Gasteiger partial charge in [-0.3, -0.25) is 19.4 Å². The highest BCUT2D eigenvalue weighted by Crippen LogP contribution is 2.09. The van der Waals surface area contributed by atoms with Crippen molar-refractivity contribution in [1.29, 1.82) is 0 Å². The van der Waals surface area contributed by atoms with E-state index in [9.17, 15) is 9.59 Å². The third-order valence-corrected chi connectivity index (χ3v) is 3.35. The Balaban J connectivity index is 1.81. The van der Waals surface area contributed by atoms with Crippen molar-refractivity contribution in [1.82, 2.24) is 9.80 Å². The summed E-state index contributed by atoms with van der Waals surface area (Å²) in [5.41, 5.74) is 1.87. The van der Waals surface area contributed by atoms with Crippen LogP contribution in [0.15, 0.2) is 24.3 Å². The van der Waals surface area contributed by atoms with Crippen molar-refractivity contribution in [2.75, 3.05) is 32.7 Å². The minimum Gasteiger partial charge on any atom is -0.480 e. The first-order valence-corrected chi connectivity index (χ1v) is 6.38. The number of carboxylic acid groups (broad SMARTS) is 1. The van der Waals surface area contributed by atoms with Gasteiger partial charge in [-0.25, -0.2) is 0 Å². The molecule has 0 radical (unpaired) electrons. The van der Waals surface area contributed by atoms with Crippen LogP contribution in [-0.4, -0.2) is 59.9 Å². The molecule has 0 spiro atoms. The van der Waals surface area contributed by atoms with Crippen LogP contribution in [0.4, 0.5) is 0 Å². The molecule has 0 unspecified atom stereocenters. The van der Waals surface area contributed by atoms with Gasteiger partial charge in [0.1, 0.15) is 6.29 Å². The SMILES string of the molecule is O=Cc1ccc(CN2CCN(CC(=O)O)CC2)cc1. The number of aliphatic carboxylic acids is 1. The van der Waals surface area contributed by atoms with Crippen molar-refractivity contribution in [3.8, 4) is 0 Å². The van der Waals surface area contributed by atoms with Gasteiger partial charge in [-0.15, -0.1) is 0 Å². The smallest absolute Gasteiger partial charge is 0.317 e. The fourth-order valence-electron chi connectivity index (χ4n) is 2.26. The highest BCUT2D eigenvalue weighted by molar-refractivity contribution is 5.74. The Kier molecular flexibility index (Phi) is 4.65. The molecule has 0 aliphatic carbocycles. The molecular weight excluding hydrogens is 244 g/mol. The van der Waals surface area contributed by atoms with Gasteiger partial charge in [-0.2, -0.15) is 0 Å². The normalized spacial score (nSPS) is 17.3. The topological polar surface area (TPSA) is 60.9 Å². The Morgan fingerprint density at radius 1 is 1.11 bits per heavy atom. The van der Waals surface area contributed by atoms with E-state index >= 15 is 0 Å². The highest BCUT2D eigenvalue weighted by Gasteiger charge is 2.18. The lowest BCUT2D eigenvalue weighted by atomic mass is 10.1. The Morgan fingerprint density at radius 3 is 2.21 bits per heavy atom.